The van der Waals surface area contributed by atoms with E-state index in [2.05, 4.69) is 48.7 Å². The van der Waals surface area contributed by atoms with Crippen LogP contribution in [0.4, 0.5) is 0 Å². The number of allylic oxidation sites excluding steroid dienone is 1. The van der Waals surface area contributed by atoms with Crippen molar-refractivity contribution < 1.29 is 0 Å². The normalized spacial score (nSPS) is 12.2. The zero-order chi connectivity index (χ0) is 14.0. The molecule has 2 nitrogen and oxygen atoms in total. The molecule has 1 aromatic heterocycles. The molecule has 0 saturated carbocycles. The van der Waals surface area contributed by atoms with Crippen LogP contribution in [0.25, 0.3) is 11.8 Å². The highest BCUT2D eigenvalue weighted by molar-refractivity contribution is 6.30. The van der Waals surface area contributed by atoms with Crippen LogP contribution in [0.2, 0.25) is 5.02 Å². The highest BCUT2D eigenvalue weighted by Gasteiger charge is 2.19. The summed E-state index contributed by atoms with van der Waals surface area (Å²) in [5, 5.41) is 0.760. The molecule has 0 aliphatic heterocycles. The summed E-state index contributed by atoms with van der Waals surface area (Å²) in [5.74, 6) is 0.982. The first-order chi connectivity index (χ1) is 8.88. The van der Waals surface area contributed by atoms with Gasteiger partial charge >= 0.3 is 0 Å². The fourth-order valence-electron chi connectivity index (χ4n) is 1.99. The average Bonchev–Trinajstić information content (AvgIpc) is 2.72. The minimum Gasteiger partial charge on any atom is -0.310 e. The Kier molecular flexibility index (Phi) is 5.43. The number of aryl methyl sites for hydroxylation is 1. The van der Waals surface area contributed by atoms with E-state index in [1.807, 2.05) is 31.5 Å². The summed E-state index contributed by atoms with van der Waals surface area (Å²) >= 11 is 5.96. The zero-order valence-electron chi connectivity index (χ0n) is 12.2. The molecule has 0 amide bonds. The second-order valence-corrected chi connectivity index (χ2v) is 6.12. The van der Waals surface area contributed by atoms with Crippen LogP contribution in [0.5, 0.6) is 0 Å². The number of aromatic nitrogens is 2. The molecule has 0 bridgehead atoms. The number of hydrogen-bond donors (Lipinski definition) is 0. The number of imidazole rings is 1. The Morgan fingerprint density at radius 1 is 1.20 bits per heavy atom. The lowest BCUT2D eigenvalue weighted by atomic mass is 9.82. The maximum Gasteiger partial charge on any atom is 0.109 e. The van der Waals surface area contributed by atoms with E-state index < -0.39 is 0 Å². The highest BCUT2D eigenvalue weighted by atomic mass is 35.5. The topological polar surface area (TPSA) is 17.8 Å². The first kappa shape index (κ1) is 16.8. The molecule has 0 unspecified atom stereocenters. The van der Waals surface area contributed by atoms with Gasteiger partial charge in [-0.3, -0.25) is 0 Å². The quantitative estimate of drug-likeness (QED) is 0.735. The molecule has 0 atom stereocenters. The van der Waals surface area contributed by atoms with Gasteiger partial charge in [0.25, 0.3) is 0 Å². The van der Waals surface area contributed by atoms with Crippen LogP contribution >= 0.6 is 24.0 Å². The largest absolute Gasteiger partial charge is 0.310 e. The maximum atomic E-state index is 5.96. The predicted octanol–water partition coefficient (Wildman–Crippen LogP) is 5.31. The molecule has 1 aromatic carbocycles. The van der Waals surface area contributed by atoms with E-state index in [0.29, 0.717) is 0 Å². The van der Waals surface area contributed by atoms with Crippen molar-refractivity contribution in [2.75, 3.05) is 0 Å². The summed E-state index contributed by atoms with van der Waals surface area (Å²) in [7, 11) is 0. The number of benzene rings is 1. The standard InChI is InChI=1S/C16H19ClN2.ClH/c1-12-18-9-10-19(12)11-15(16(2,3)4)13-5-7-14(17)8-6-13;/h5-11H,1-4H3;1H. The van der Waals surface area contributed by atoms with Gasteiger partial charge in [-0.2, -0.15) is 0 Å². The van der Waals surface area contributed by atoms with Crippen molar-refractivity contribution in [3.63, 3.8) is 0 Å². The molecular weight excluding hydrogens is 291 g/mol. The molecule has 0 aliphatic carbocycles. The molecule has 0 radical (unpaired) electrons. The van der Waals surface area contributed by atoms with Gasteiger partial charge in [0, 0.05) is 23.6 Å². The van der Waals surface area contributed by atoms with Crippen molar-refractivity contribution >= 4 is 35.8 Å². The van der Waals surface area contributed by atoms with Gasteiger partial charge in [0.15, 0.2) is 0 Å². The van der Waals surface area contributed by atoms with Crippen molar-refractivity contribution in [2.24, 2.45) is 5.41 Å². The van der Waals surface area contributed by atoms with Crippen LogP contribution in [0.15, 0.2) is 36.7 Å². The smallest absolute Gasteiger partial charge is 0.109 e. The Balaban J connectivity index is 0.00000200. The molecule has 0 aliphatic rings. The van der Waals surface area contributed by atoms with Crippen LogP contribution in [-0.4, -0.2) is 9.55 Å². The van der Waals surface area contributed by atoms with E-state index in [1.165, 1.54) is 11.1 Å². The summed E-state index contributed by atoms with van der Waals surface area (Å²) < 4.78 is 2.05. The van der Waals surface area contributed by atoms with E-state index in [1.54, 1.807) is 0 Å². The third-order valence-corrected chi connectivity index (χ3v) is 3.35. The van der Waals surface area contributed by atoms with Crippen molar-refractivity contribution in [2.45, 2.75) is 27.7 Å². The minimum atomic E-state index is 0. The Hall–Kier alpha value is -1.25. The fourth-order valence-corrected chi connectivity index (χ4v) is 2.12. The van der Waals surface area contributed by atoms with Gasteiger partial charge < -0.3 is 4.57 Å². The van der Waals surface area contributed by atoms with Gasteiger partial charge in [-0.05, 0) is 35.6 Å². The second-order valence-electron chi connectivity index (χ2n) is 5.68. The molecule has 0 fully saturated rings. The molecule has 0 N–H and O–H groups in total. The van der Waals surface area contributed by atoms with Gasteiger partial charge in [0.2, 0.25) is 0 Å². The first-order valence-corrected chi connectivity index (χ1v) is 6.73. The van der Waals surface area contributed by atoms with E-state index in [0.717, 1.165) is 10.8 Å². The van der Waals surface area contributed by atoms with Crippen LogP contribution in [0, 0.1) is 12.3 Å². The lowest BCUT2D eigenvalue weighted by Crippen LogP contribution is -2.09. The maximum absolute atomic E-state index is 5.96. The fraction of sp³-hybridized carbons (Fsp3) is 0.312. The van der Waals surface area contributed by atoms with Crippen LogP contribution in [0.1, 0.15) is 32.2 Å². The highest BCUT2D eigenvalue weighted by Crippen LogP contribution is 2.35. The van der Waals surface area contributed by atoms with E-state index in [4.69, 9.17) is 11.6 Å². The van der Waals surface area contributed by atoms with Crippen molar-refractivity contribution in [3.05, 3.63) is 53.1 Å². The van der Waals surface area contributed by atoms with Gasteiger partial charge in [-0.1, -0.05) is 44.5 Å². The van der Waals surface area contributed by atoms with E-state index >= 15 is 0 Å². The molecule has 0 saturated heterocycles. The van der Waals surface area contributed by atoms with Crippen LogP contribution in [0.3, 0.4) is 0 Å². The SMILES string of the molecule is Cc1nccn1C=C(c1ccc(Cl)cc1)C(C)(C)C.Cl. The summed E-state index contributed by atoms with van der Waals surface area (Å²) in [4.78, 5) is 4.26. The van der Waals surface area contributed by atoms with Gasteiger partial charge in [0.1, 0.15) is 5.82 Å². The Labute approximate surface area is 131 Å². The molecular formula is C16H20Cl2N2. The lowest BCUT2D eigenvalue weighted by molar-refractivity contribution is 0.567. The summed E-state index contributed by atoms with van der Waals surface area (Å²) in [6.07, 6.45) is 5.93. The van der Waals surface area contributed by atoms with Crippen LogP contribution < -0.4 is 0 Å². The number of rotatable bonds is 2. The Morgan fingerprint density at radius 2 is 1.80 bits per heavy atom. The summed E-state index contributed by atoms with van der Waals surface area (Å²) in [6, 6.07) is 7.98. The average molecular weight is 311 g/mol. The van der Waals surface area contributed by atoms with Gasteiger partial charge in [0.05, 0.1) is 0 Å². The summed E-state index contributed by atoms with van der Waals surface area (Å²) in [5.41, 5.74) is 2.49. The predicted molar refractivity (Wildman–Crippen MR) is 89.3 cm³/mol. The van der Waals surface area contributed by atoms with Crippen molar-refractivity contribution in [1.29, 1.82) is 0 Å². The van der Waals surface area contributed by atoms with Gasteiger partial charge in [-0.25, -0.2) is 4.98 Å². The molecule has 2 aromatic rings. The summed E-state index contributed by atoms with van der Waals surface area (Å²) in [6.45, 7) is 8.62. The molecule has 20 heavy (non-hydrogen) atoms. The molecule has 108 valence electrons. The molecule has 0 spiro atoms. The first-order valence-electron chi connectivity index (χ1n) is 6.35. The number of nitrogens with zero attached hydrogens (tertiary/aromatic N) is 2. The molecule has 4 heteroatoms. The van der Waals surface area contributed by atoms with E-state index in [9.17, 15) is 0 Å². The third kappa shape index (κ3) is 3.87. The molecule has 1 heterocycles. The minimum absolute atomic E-state index is 0. The third-order valence-electron chi connectivity index (χ3n) is 3.09. The lowest BCUT2D eigenvalue weighted by Gasteiger charge is -2.24. The Bertz CT molecular complexity index is 590. The molecule has 2 rings (SSSR count). The zero-order valence-corrected chi connectivity index (χ0v) is 13.8. The number of halogens is 2. The van der Waals surface area contributed by atoms with Crippen LogP contribution in [-0.2, 0) is 0 Å². The number of hydrogen-bond acceptors (Lipinski definition) is 1. The monoisotopic (exact) mass is 310 g/mol. The van der Waals surface area contributed by atoms with Gasteiger partial charge in [-0.15, -0.1) is 12.4 Å². The van der Waals surface area contributed by atoms with E-state index in [-0.39, 0.29) is 17.8 Å². The van der Waals surface area contributed by atoms with Crippen molar-refractivity contribution in [3.8, 4) is 0 Å². The Morgan fingerprint density at radius 3 is 2.25 bits per heavy atom. The second kappa shape index (κ2) is 6.47. The van der Waals surface area contributed by atoms with Crippen molar-refractivity contribution in [1.82, 2.24) is 9.55 Å².